The van der Waals surface area contributed by atoms with Gasteiger partial charge in [0, 0.05) is 28.4 Å². The number of carbonyl (C=O) groups is 3. The molecule has 3 rings (SSSR count). The van der Waals surface area contributed by atoms with Gasteiger partial charge >= 0.3 is 11.9 Å². The van der Waals surface area contributed by atoms with Gasteiger partial charge in [-0.15, -0.1) is 11.3 Å². The predicted molar refractivity (Wildman–Crippen MR) is 127 cm³/mol. The number of nitrogens with zero attached hydrogens (tertiary/aromatic N) is 2. The van der Waals surface area contributed by atoms with Crippen molar-refractivity contribution in [2.45, 2.75) is 38.6 Å². The highest BCUT2D eigenvalue weighted by Crippen LogP contribution is 2.41. The second-order valence-electron chi connectivity index (χ2n) is 7.52. The van der Waals surface area contributed by atoms with E-state index in [0.29, 0.717) is 36.2 Å². The van der Waals surface area contributed by atoms with Gasteiger partial charge in [0.15, 0.2) is 0 Å². The van der Waals surface area contributed by atoms with Crippen LogP contribution >= 0.6 is 22.9 Å². The molecule has 0 N–H and O–H groups in total. The third-order valence-corrected chi connectivity index (χ3v) is 6.75. The van der Waals surface area contributed by atoms with Crippen LogP contribution in [-0.2, 0) is 36.8 Å². The average Bonchev–Trinajstić information content (AvgIpc) is 3.13. The summed E-state index contributed by atoms with van der Waals surface area (Å²) >= 11 is 7.15. The van der Waals surface area contributed by atoms with Crippen LogP contribution in [0.5, 0.6) is 0 Å². The third-order valence-electron chi connectivity index (χ3n) is 5.27. The molecule has 10 heteroatoms. The summed E-state index contributed by atoms with van der Waals surface area (Å²) in [5.41, 5.74) is 1.03. The van der Waals surface area contributed by atoms with Crippen LogP contribution in [0.1, 0.15) is 36.1 Å². The van der Waals surface area contributed by atoms with Crippen LogP contribution in [0.2, 0.25) is 5.02 Å². The molecule has 1 amide bonds. The van der Waals surface area contributed by atoms with E-state index in [1.165, 1.54) is 18.1 Å². The van der Waals surface area contributed by atoms with Crippen molar-refractivity contribution in [2.75, 3.05) is 18.6 Å². The molecule has 7 nitrogen and oxygen atoms in total. The maximum Gasteiger partial charge on any atom is 0.334 e. The quantitative estimate of drug-likeness (QED) is 0.359. The van der Waals surface area contributed by atoms with Gasteiger partial charge in [-0.25, -0.2) is 4.79 Å². The lowest BCUT2D eigenvalue weighted by Gasteiger charge is -2.27. The summed E-state index contributed by atoms with van der Waals surface area (Å²) in [7, 11) is 1.22. The maximum atomic E-state index is 15.2. The van der Waals surface area contributed by atoms with Crippen LogP contribution in [0.15, 0.2) is 48.3 Å². The molecule has 0 fully saturated rings. The highest BCUT2D eigenvalue weighted by molar-refractivity contribution is 7.11. The zero-order valence-electron chi connectivity index (χ0n) is 18.6. The number of hydrogen-bond donors (Lipinski definition) is 0. The standard InChI is InChI=1S/C24H24ClFN2O5S/c1-3-11-33-24(31)17-9-5-4-8-16(17)23(30)28(14-15-7-6-10-27-13-15)21-20(25)18(34-22(21)26)12-19(29)32-2/h3,6-7,10,13H,1,4-5,8-9,11-12,14H2,2H3. The Bertz CT molecular complexity index is 1120. The molecule has 2 aromatic heterocycles. The molecular weight excluding hydrogens is 483 g/mol. The first kappa shape index (κ1) is 25.6. The molecule has 0 atom stereocenters. The molecule has 0 aromatic carbocycles. The average molecular weight is 507 g/mol. The first-order valence-electron chi connectivity index (χ1n) is 10.6. The Morgan fingerprint density at radius 3 is 2.68 bits per heavy atom. The molecule has 0 bridgehead atoms. The maximum absolute atomic E-state index is 15.2. The minimum absolute atomic E-state index is 0.0189. The van der Waals surface area contributed by atoms with Crippen LogP contribution in [0, 0.1) is 5.13 Å². The van der Waals surface area contributed by atoms with Crippen molar-refractivity contribution < 1.29 is 28.2 Å². The van der Waals surface area contributed by atoms with Crippen molar-refractivity contribution in [2.24, 2.45) is 0 Å². The lowest BCUT2D eigenvalue weighted by Crippen LogP contribution is -2.34. The minimum atomic E-state index is -0.715. The molecule has 34 heavy (non-hydrogen) atoms. The van der Waals surface area contributed by atoms with Gasteiger partial charge in [0.2, 0.25) is 5.13 Å². The molecule has 0 radical (unpaired) electrons. The normalized spacial score (nSPS) is 13.4. The van der Waals surface area contributed by atoms with E-state index in [0.717, 1.165) is 6.42 Å². The van der Waals surface area contributed by atoms with Gasteiger partial charge in [-0.2, -0.15) is 4.39 Å². The van der Waals surface area contributed by atoms with Gasteiger partial charge in [-0.1, -0.05) is 30.3 Å². The minimum Gasteiger partial charge on any atom is -0.469 e. The van der Waals surface area contributed by atoms with E-state index >= 15 is 4.39 Å². The topological polar surface area (TPSA) is 85.8 Å². The third kappa shape index (κ3) is 5.90. The van der Waals surface area contributed by atoms with E-state index < -0.39 is 23.0 Å². The molecule has 0 aliphatic heterocycles. The van der Waals surface area contributed by atoms with Crippen molar-refractivity contribution in [1.29, 1.82) is 0 Å². The second kappa shape index (κ2) is 11.9. The largest absolute Gasteiger partial charge is 0.469 e. The molecule has 0 saturated carbocycles. The van der Waals surface area contributed by atoms with Gasteiger partial charge < -0.3 is 9.47 Å². The number of anilines is 1. The summed E-state index contributed by atoms with van der Waals surface area (Å²) in [6.45, 7) is 3.52. The van der Waals surface area contributed by atoms with Gasteiger partial charge in [0.05, 0.1) is 25.1 Å². The van der Waals surface area contributed by atoms with Crippen molar-refractivity contribution in [3.8, 4) is 0 Å². The molecule has 1 aliphatic rings. The highest BCUT2D eigenvalue weighted by atomic mass is 35.5. The van der Waals surface area contributed by atoms with Gasteiger partial charge in [-0.3, -0.25) is 19.5 Å². The Hall–Kier alpha value is -3.04. The van der Waals surface area contributed by atoms with E-state index in [1.54, 1.807) is 24.5 Å². The molecule has 0 unspecified atom stereocenters. The number of methoxy groups -OCH3 is 1. The molecule has 2 heterocycles. The number of ether oxygens (including phenoxy) is 2. The van der Waals surface area contributed by atoms with Crippen LogP contribution < -0.4 is 4.90 Å². The number of thiophene rings is 1. The highest BCUT2D eigenvalue weighted by Gasteiger charge is 2.33. The first-order chi connectivity index (χ1) is 16.4. The smallest absolute Gasteiger partial charge is 0.334 e. The number of hydrogen-bond acceptors (Lipinski definition) is 7. The predicted octanol–water partition coefficient (Wildman–Crippen LogP) is 4.78. The summed E-state index contributed by atoms with van der Waals surface area (Å²) in [4.78, 5) is 43.7. The summed E-state index contributed by atoms with van der Waals surface area (Å²) in [5.74, 6) is -1.72. The number of rotatable bonds is 9. The van der Waals surface area contributed by atoms with Gasteiger partial charge in [0.1, 0.15) is 12.3 Å². The van der Waals surface area contributed by atoms with Crippen molar-refractivity contribution in [3.05, 3.63) is 68.9 Å². The Morgan fingerprint density at radius 2 is 2.03 bits per heavy atom. The SMILES string of the molecule is C=CCOC(=O)C1=C(C(=O)N(Cc2cccnc2)c2c(F)sc(CC(=O)OC)c2Cl)CCCC1. The Balaban J connectivity index is 2.07. The van der Waals surface area contributed by atoms with Crippen LogP contribution in [0.4, 0.5) is 10.1 Å². The fourth-order valence-electron chi connectivity index (χ4n) is 3.64. The monoisotopic (exact) mass is 506 g/mol. The van der Waals surface area contributed by atoms with Gasteiger partial charge in [-0.05, 0) is 37.3 Å². The van der Waals surface area contributed by atoms with E-state index in [9.17, 15) is 14.4 Å². The molecule has 0 saturated heterocycles. The molecule has 2 aromatic rings. The lowest BCUT2D eigenvalue weighted by atomic mass is 9.90. The van der Waals surface area contributed by atoms with E-state index in [-0.39, 0.29) is 46.3 Å². The van der Waals surface area contributed by atoms with Gasteiger partial charge in [0.25, 0.3) is 5.91 Å². The lowest BCUT2D eigenvalue weighted by molar-refractivity contribution is -0.140. The summed E-state index contributed by atoms with van der Waals surface area (Å²) in [6, 6.07) is 3.44. The number of halogens is 2. The van der Waals surface area contributed by atoms with Crippen molar-refractivity contribution in [1.82, 2.24) is 4.98 Å². The zero-order chi connectivity index (χ0) is 24.7. The number of esters is 2. The fourth-order valence-corrected chi connectivity index (χ4v) is 4.96. The number of amides is 1. The fraction of sp³-hybridized carbons (Fsp3) is 0.333. The van der Waals surface area contributed by atoms with Crippen molar-refractivity contribution in [3.63, 3.8) is 0 Å². The number of carbonyl (C=O) groups excluding carboxylic acids is 3. The van der Waals surface area contributed by atoms with Crippen LogP contribution in [0.3, 0.4) is 0 Å². The molecular formula is C24H24ClFN2O5S. The molecule has 0 spiro atoms. The number of aromatic nitrogens is 1. The van der Waals surface area contributed by atoms with Crippen molar-refractivity contribution >= 4 is 46.5 Å². The molecule has 1 aliphatic carbocycles. The van der Waals surface area contributed by atoms with Crippen LogP contribution in [-0.4, -0.2) is 36.5 Å². The second-order valence-corrected chi connectivity index (χ2v) is 8.95. The number of pyridine rings is 1. The van der Waals surface area contributed by atoms with Crippen LogP contribution in [0.25, 0.3) is 0 Å². The van der Waals surface area contributed by atoms with E-state index in [1.807, 2.05) is 0 Å². The zero-order valence-corrected chi connectivity index (χ0v) is 20.2. The summed E-state index contributed by atoms with van der Waals surface area (Å²) in [5, 5.41) is -0.759. The summed E-state index contributed by atoms with van der Waals surface area (Å²) in [6.07, 6.45) is 6.52. The Labute approximate surface area is 205 Å². The Kier molecular flexibility index (Phi) is 8.95. The summed E-state index contributed by atoms with van der Waals surface area (Å²) < 4.78 is 25.0. The van der Waals surface area contributed by atoms with E-state index in [4.69, 9.17) is 16.3 Å². The first-order valence-corrected chi connectivity index (χ1v) is 11.8. The Morgan fingerprint density at radius 1 is 1.29 bits per heavy atom. The van der Waals surface area contributed by atoms with E-state index in [2.05, 4.69) is 16.3 Å². The molecule has 180 valence electrons.